The van der Waals surface area contributed by atoms with Gasteiger partial charge in [-0.25, -0.2) is 0 Å². The molecule has 0 aromatic heterocycles. The normalized spacial score (nSPS) is 13.0. The first-order chi connectivity index (χ1) is 10.5. The molecule has 110 valence electrons. The zero-order valence-corrected chi connectivity index (χ0v) is 12.9. The summed E-state index contributed by atoms with van der Waals surface area (Å²) in [5.74, 6) is 1.23. The van der Waals surface area contributed by atoms with Crippen molar-refractivity contribution < 1.29 is 14.4 Å². The second-order valence-electron chi connectivity index (χ2n) is 5.30. The molecule has 0 amide bonds. The Morgan fingerprint density at radius 1 is 1.27 bits per heavy atom. The van der Waals surface area contributed by atoms with Crippen molar-refractivity contribution in [1.82, 2.24) is 0 Å². The van der Waals surface area contributed by atoms with E-state index in [1.807, 2.05) is 26.0 Å². The zero-order valence-electron chi connectivity index (χ0n) is 12.2. The summed E-state index contributed by atoms with van der Waals surface area (Å²) in [6, 6.07) is 9.19. The number of ether oxygens (including phenoxy) is 1. The molecule has 1 N–H and O–H groups in total. The summed E-state index contributed by atoms with van der Waals surface area (Å²) in [4.78, 5) is 0. The van der Waals surface area contributed by atoms with Crippen molar-refractivity contribution in [2.75, 3.05) is 0 Å². The minimum Gasteiger partial charge on any atom is -0.457 e. The molecule has 3 rings (SSSR count). The Labute approximate surface area is 134 Å². The van der Waals surface area contributed by atoms with E-state index in [4.69, 9.17) is 26.3 Å². The van der Waals surface area contributed by atoms with Crippen molar-refractivity contribution in [2.45, 2.75) is 20.5 Å². The van der Waals surface area contributed by atoms with E-state index in [-0.39, 0.29) is 0 Å². The van der Waals surface area contributed by atoms with Crippen LogP contribution < -0.4 is 10.2 Å². The van der Waals surface area contributed by atoms with Crippen LogP contribution in [-0.4, -0.2) is 12.1 Å². The van der Waals surface area contributed by atoms with Crippen LogP contribution in [0.5, 0.6) is 11.5 Å². The molecule has 2 aromatic rings. The van der Waals surface area contributed by atoms with E-state index < -0.39 is 7.12 Å². The van der Waals surface area contributed by atoms with Crippen LogP contribution in [0.1, 0.15) is 22.3 Å². The third kappa shape index (κ3) is 2.57. The van der Waals surface area contributed by atoms with E-state index >= 15 is 0 Å². The van der Waals surface area contributed by atoms with E-state index in [2.05, 4.69) is 6.07 Å². The SMILES string of the molecule is Cc1cc2c(cc1Oc1cc(C)c(Cl)c(C#N)c1)COB2O. The van der Waals surface area contributed by atoms with E-state index in [0.717, 1.165) is 22.2 Å². The van der Waals surface area contributed by atoms with Crippen molar-refractivity contribution >= 4 is 24.2 Å². The minimum atomic E-state index is -0.870. The lowest BCUT2D eigenvalue weighted by molar-refractivity contribution is 0.275. The van der Waals surface area contributed by atoms with Gasteiger partial charge in [0.05, 0.1) is 17.2 Å². The van der Waals surface area contributed by atoms with Crippen LogP contribution in [0.25, 0.3) is 0 Å². The molecule has 1 aliphatic rings. The summed E-state index contributed by atoms with van der Waals surface area (Å²) in [6.07, 6.45) is 0. The molecule has 1 heterocycles. The molecule has 0 fully saturated rings. The van der Waals surface area contributed by atoms with E-state index in [1.54, 1.807) is 12.1 Å². The Kier molecular flexibility index (Phi) is 3.84. The molecule has 22 heavy (non-hydrogen) atoms. The van der Waals surface area contributed by atoms with Gasteiger partial charge in [-0.15, -0.1) is 0 Å². The van der Waals surface area contributed by atoms with Crippen LogP contribution in [0.2, 0.25) is 5.02 Å². The van der Waals surface area contributed by atoms with Gasteiger partial charge >= 0.3 is 7.12 Å². The van der Waals surface area contributed by atoms with E-state index in [1.165, 1.54) is 0 Å². The lowest BCUT2D eigenvalue weighted by Crippen LogP contribution is -2.28. The molecule has 0 saturated heterocycles. The van der Waals surface area contributed by atoms with Crippen molar-refractivity contribution in [2.24, 2.45) is 0 Å². The molecule has 4 nitrogen and oxygen atoms in total. The second-order valence-corrected chi connectivity index (χ2v) is 5.67. The number of hydrogen-bond donors (Lipinski definition) is 1. The number of nitriles is 1. The first-order valence-corrected chi connectivity index (χ1v) is 7.18. The molecule has 0 bridgehead atoms. The molecule has 0 radical (unpaired) electrons. The standard InChI is InChI=1S/C16H13BClNO3/c1-9-4-14-12(8-21-17(14)20)6-15(9)22-13-3-10(2)16(18)11(5-13)7-19/h3-6,20H,8H2,1-2H3. The summed E-state index contributed by atoms with van der Waals surface area (Å²) < 4.78 is 11.1. The highest BCUT2D eigenvalue weighted by atomic mass is 35.5. The van der Waals surface area contributed by atoms with Crippen LogP contribution in [0, 0.1) is 25.2 Å². The summed E-state index contributed by atoms with van der Waals surface area (Å²) >= 11 is 6.07. The largest absolute Gasteiger partial charge is 0.491 e. The number of halogens is 1. The smallest absolute Gasteiger partial charge is 0.457 e. The summed E-state index contributed by atoms with van der Waals surface area (Å²) in [7, 11) is -0.870. The van der Waals surface area contributed by atoms with E-state index in [9.17, 15) is 5.02 Å². The van der Waals surface area contributed by atoms with Crippen molar-refractivity contribution in [1.29, 1.82) is 5.26 Å². The Morgan fingerprint density at radius 2 is 2.05 bits per heavy atom. The highest BCUT2D eigenvalue weighted by Crippen LogP contribution is 2.31. The third-order valence-corrected chi connectivity index (χ3v) is 4.18. The number of nitrogens with zero attached hydrogens (tertiary/aromatic N) is 1. The predicted octanol–water partition coefficient (Wildman–Crippen LogP) is 2.84. The molecule has 2 aromatic carbocycles. The van der Waals surface area contributed by atoms with Crippen LogP contribution in [0.15, 0.2) is 24.3 Å². The lowest BCUT2D eigenvalue weighted by atomic mass is 9.79. The maximum absolute atomic E-state index is 9.71. The van der Waals surface area contributed by atoms with Gasteiger partial charge in [-0.1, -0.05) is 17.7 Å². The Balaban J connectivity index is 1.98. The fraction of sp³-hybridized carbons (Fsp3) is 0.188. The monoisotopic (exact) mass is 313 g/mol. The fourth-order valence-corrected chi connectivity index (χ4v) is 2.63. The Hall–Kier alpha value is -2.00. The second kappa shape index (κ2) is 5.66. The van der Waals surface area contributed by atoms with Gasteiger partial charge in [-0.05, 0) is 48.1 Å². The number of benzene rings is 2. The molecule has 0 saturated carbocycles. The van der Waals surface area contributed by atoms with Gasteiger partial charge < -0.3 is 14.4 Å². The maximum Gasteiger partial charge on any atom is 0.491 e. The summed E-state index contributed by atoms with van der Waals surface area (Å²) in [5, 5.41) is 19.3. The Morgan fingerprint density at radius 3 is 2.77 bits per heavy atom. The molecule has 1 aliphatic heterocycles. The molecule has 0 unspecified atom stereocenters. The number of fused-ring (bicyclic) bond motifs is 1. The third-order valence-electron chi connectivity index (χ3n) is 3.68. The van der Waals surface area contributed by atoms with Gasteiger partial charge in [-0.3, -0.25) is 0 Å². The number of rotatable bonds is 2. The van der Waals surface area contributed by atoms with Crippen molar-refractivity contribution in [3.8, 4) is 17.6 Å². The average Bonchev–Trinajstić information content (AvgIpc) is 2.84. The van der Waals surface area contributed by atoms with Crippen molar-refractivity contribution in [3.05, 3.63) is 51.5 Å². The molecular weight excluding hydrogens is 300 g/mol. The highest BCUT2D eigenvalue weighted by molar-refractivity contribution is 6.61. The van der Waals surface area contributed by atoms with Gasteiger partial charge in [-0.2, -0.15) is 5.26 Å². The van der Waals surface area contributed by atoms with Crippen molar-refractivity contribution in [3.63, 3.8) is 0 Å². The molecule has 0 aliphatic carbocycles. The van der Waals surface area contributed by atoms with Gasteiger partial charge in [0, 0.05) is 6.07 Å². The van der Waals surface area contributed by atoms with E-state index in [0.29, 0.717) is 28.7 Å². The molecule has 6 heteroatoms. The summed E-state index contributed by atoms with van der Waals surface area (Å²) in [6.45, 7) is 4.08. The molecule has 0 atom stereocenters. The quantitative estimate of drug-likeness (QED) is 0.866. The minimum absolute atomic E-state index is 0.357. The van der Waals surface area contributed by atoms with Crippen LogP contribution in [0.3, 0.4) is 0 Å². The lowest BCUT2D eigenvalue weighted by Gasteiger charge is -2.12. The predicted molar refractivity (Wildman–Crippen MR) is 84.6 cm³/mol. The highest BCUT2D eigenvalue weighted by Gasteiger charge is 2.28. The molecular formula is C16H13BClNO3. The summed E-state index contributed by atoms with van der Waals surface area (Å²) in [5.41, 5.74) is 3.73. The average molecular weight is 314 g/mol. The zero-order chi connectivity index (χ0) is 15.9. The van der Waals surface area contributed by atoms with Gasteiger partial charge in [0.25, 0.3) is 0 Å². The number of hydrogen-bond acceptors (Lipinski definition) is 4. The first-order valence-electron chi connectivity index (χ1n) is 6.81. The van der Waals surface area contributed by atoms with Crippen LogP contribution in [-0.2, 0) is 11.3 Å². The fourth-order valence-electron chi connectivity index (χ4n) is 2.48. The number of aryl methyl sites for hydroxylation is 2. The van der Waals surface area contributed by atoms with Crippen LogP contribution in [0.4, 0.5) is 0 Å². The Bertz CT molecular complexity index is 801. The van der Waals surface area contributed by atoms with Gasteiger partial charge in [0.1, 0.15) is 17.6 Å². The molecule has 0 spiro atoms. The topological polar surface area (TPSA) is 62.5 Å². The van der Waals surface area contributed by atoms with Gasteiger partial charge in [0.2, 0.25) is 0 Å². The first kappa shape index (κ1) is 14.9. The maximum atomic E-state index is 9.71. The van der Waals surface area contributed by atoms with Gasteiger partial charge in [0.15, 0.2) is 0 Å². The van der Waals surface area contributed by atoms with Crippen LogP contribution >= 0.6 is 11.6 Å².